The van der Waals surface area contributed by atoms with Gasteiger partial charge in [0.1, 0.15) is 0 Å². The lowest BCUT2D eigenvalue weighted by Crippen LogP contribution is -1.91. The molecule has 0 aliphatic rings. The second kappa shape index (κ2) is 4.08. The monoisotopic (exact) mass is 300 g/mol. The van der Waals surface area contributed by atoms with Crippen molar-refractivity contribution in [2.24, 2.45) is 0 Å². The third kappa shape index (κ3) is 2.12. The third-order valence-electron chi connectivity index (χ3n) is 2.05. The van der Waals surface area contributed by atoms with Gasteiger partial charge < -0.3 is 4.42 Å². The first-order chi connectivity index (χ1) is 6.75. The van der Waals surface area contributed by atoms with Gasteiger partial charge in [-0.1, -0.05) is 24.3 Å². The predicted octanol–water partition coefficient (Wildman–Crippen LogP) is 2.57. The molecule has 0 saturated carbocycles. The van der Waals surface area contributed by atoms with Crippen LogP contribution < -0.4 is 0 Å². The first-order valence-electron chi connectivity index (χ1n) is 4.28. The summed E-state index contributed by atoms with van der Waals surface area (Å²) < 4.78 is 5.90. The van der Waals surface area contributed by atoms with Crippen molar-refractivity contribution >= 4 is 22.6 Å². The zero-order valence-corrected chi connectivity index (χ0v) is 9.85. The summed E-state index contributed by atoms with van der Waals surface area (Å²) in [5, 5.41) is 7.74. The fraction of sp³-hybridized carbons (Fsp3) is 0.200. The van der Waals surface area contributed by atoms with Gasteiger partial charge in [0.05, 0.1) is 6.42 Å². The Morgan fingerprint density at radius 1 is 1.29 bits per heavy atom. The van der Waals surface area contributed by atoms with Gasteiger partial charge in [0, 0.05) is 22.6 Å². The molecular formula is C10H9IN2O. The molecule has 0 bridgehead atoms. The standard InChI is InChI=1S/C10H9IN2O/c1-7-4-2-3-5-8(7)6-9-12-13-10(11)14-9/h2-5H,6H2,1H3. The van der Waals surface area contributed by atoms with Crippen molar-refractivity contribution in [2.75, 3.05) is 0 Å². The van der Waals surface area contributed by atoms with Gasteiger partial charge >= 0.3 is 0 Å². The van der Waals surface area contributed by atoms with Crippen LogP contribution in [0.2, 0.25) is 0 Å². The van der Waals surface area contributed by atoms with Gasteiger partial charge in [-0.2, -0.15) is 0 Å². The number of hydrogen-bond acceptors (Lipinski definition) is 3. The lowest BCUT2D eigenvalue weighted by atomic mass is 10.1. The van der Waals surface area contributed by atoms with Crippen LogP contribution in [0.4, 0.5) is 0 Å². The maximum atomic E-state index is 5.31. The van der Waals surface area contributed by atoms with Crippen molar-refractivity contribution in [1.82, 2.24) is 10.2 Å². The molecule has 0 saturated heterocycles. The Bertz CT molecular complexity index is 439. The smallest absolute Gasteiger partial charge is 0.278 e. The molecule has 2 aromatic rings. The van der Waals surface area contributed by atoms with E-state index in [2.05, 4.69) is 29.3 Å². The van der Waals surface area contributed by atoms with Crippen molar-refractivity contribution < 1.29 is 4.42 Å². The number of aryl methyl sites for hydroxylation is 1. The number of hydrogen-bond donors (Lipinski definition) is 0. The van der Waals surface area contributed by atoms with Crippen molar-refractivity contribution in [3.8, 4) is 0 Å². The van der Waals surface area contributed by atoms with E-state index in [1.165, 1.54) is 11.1 Å². The summed E-state index contributed by atoms with van der Waals surface area (Å²) >= 11 is 2.01. The van der Waals surface area contributed by atoms with Crippen LogP contribution in [0.5, 0.6) is 0 Å². The number of rotatable bonds is 2. The van der Waals surface area contributed by atoms with E-state index in [1.807, 2.05) is 34.7 Å². The average molecular weight is 300 g/mol. The summed E-state index contributed by atoms with van der Waals surface area (Å²) in [6.45, 7) is 2.08. The Kier molecular flexibility index (Phi) is 2.81. The predicted molar refractivity (Wildman–Crippen MR) is 61.0 cm³/mol. The highest BCUT2D eigenvalue weighted by atomic mass is 127. The summed E-state index contributed by atoms with van der Waals surface area (Å²) in [7, 11) is 0. The highest BCUT2D eigenvalue weighted by Gasteiger charge is 2.05. The van der Waals surface area contributed by atoms with Crippen molar-refractivity contribution in [3.05, 3.63) is 45.2 Å². The Balaban J connectivity index is 2.23. The summed E-state index contributed by atoms with van der Waals surface area (Å²) in [4.78, 5) is 0. The molecule has 0 unspecified atom stereocenters. The number of benzene rings is 1. The SMILES string of the molecule is Cc1ccccc1Cc1nnc(I)o1. The first kappa shape index (κ1) is 9.64. The maximum Gasteiger partial charge on any atom is 0.278 e. The minimum Gasteiger partial charge on any atom is -0.416 e. The van der Waals surface area contributed by atoms with Crippen LogP contribution in [0, 0.1) is 10.8 Å². The van der Waals surface area contributed by atoms with Gasteiger partial charge in [-0.15, -0.1) is 10.2 Å². The van der Waals surface area contributed by atoms with Crippen LogP contribution in [-0.2, 0) is 6.42 Å². The Morgan fingerprint density at radius 3 is 2.71 bits per heavy atom. The van der Waals surface area contributed by atoms with Crippen LogP contribution in [0.25, 0.3) is 0 Å². The van der Waals surface area contributed by atoms with E-state index in [4.69, 9.17) is 4.42 Å². The fourth-order valence-corrected chi connectivity index (χ4v) is 1.64. The van der Waals surface area contributed by atoms with Crippen LogP contribution in [0.3, 0.4) is 0 Å². The molecule has 72 valence electrons. The molecule has 3 nitrogen and oxygen atoms in total. The molecule has 1 aromatic heterocycles. The van der Waals surface area contributed by atoms with E-state index in [-0.39, 0.29) is 0 Å². The number of halogens is 1. The highest BCUT2D eigenvalue weighted by molar-refractivity contribution is 14.1. The quantitative estimate of drug-likeness (QED) is 0.800. The minimum absolute atomic E-state index is 0.589. The second-order valence-corrected chi connectivity index (χ2v) is 3.97. The summed E-state index contributed by atoms with van der Waals surface area (Å²) in [5.74, 6) is 0.670. The molecule has 0 aliphatic carbocycles. The second-order valence-electron chi connectivity index (χ2n) is 3.05. The molecule has 2 rings (SSSR count). The van der Waals surface area contributed by atoms with E-state index in [0.29, 0.717) is 16.2 Å². The lowest BCUT2D eigenvalue weighted by molar-refractivity contribution is 0.479. The molecule has 1 heterocycles. The zero-order valence-electron chi connectivity index (χ0n) is 7.70. The topological polar surface area (TPSA) is 38.9 Å². The van der Waals surface area contributed by atoms with Crippen LogP contribution in [-0.4, -0.2) is 10.2 Å². The molecule has 0 aliphatic heterocycles. The largest absolute Gasteiger partial charge is 0.416 e. The van der Waals surface area contributed by atoms with E-state index in [0.717, 1.165) is 0 Å². The third-order valence-corrected chi connectivity index (χ3v) is 2.48. The first-order valence-corrected chi connectivity index (χ1v) is 5.36. The van der Waals surface area contributed by atoms with Crippen LogP contribution in [0.1, 0.15) is 17.0 Å². The van der Waals surface area contributed by atoms with E-state index >= 15 is 0 Å². The molecule has 1 aromatic carbocycles. The summed E-state index contributed by atoms with van der Waals surface area (Å²) in [5.41, 5.74) is 2.48. The highest BCUT2D eigenvalue weighted by Crippen LogP contribution is 2.13. The van der Waals surface area contributed by atoms with Crippen molar-refractivity contribution in [1.29, 1.82) is 0 Å². The zero-order chi connectivity index (χ0) is 9.97. The van der Waals surface area contributed by atoms with Gasteiger partial charge in [-0.25, -0.2) is 0 Å². The average Bonchev–Trinajstić information content (AvgIpc) is 2.56. The molecule has 0 spiro atoms. The van der Waals surface area contributed by atoms with E-state index in [9.17, 15) is 0 Å². The minimum atomic E-state index is 0.589. The number of aromatic nitrogens is 2. The van der Waals surface area contributed by atoms with Gasteiger partial charge in [0.2, 0.25) is 5.89 Å². The molecule has 0 fully saturated rings. The lowest BCUT2D eigenvalue weighted by Gasteiger charge is -2.00. The normalized spacial score (nSPS) is 10.4. The van der Waals surface area contributed by atoms with Gasteiger partial charge in [0.15, 0.2) is 0 Å². The van der Waals surface area contributed by atoms with Crippen LogP contribution >= 0.6 is 22.6 Å². The fourth-order valence-electron chi connectivity index (χ4n) is 1.28. The van der Waals surface area contributed by atoms with Crippen molar-refractivity contribution in [3.63, 3.8) is 0 Å². The number of nitrogens with zero attached hydrogens (tertiary/aromatic N) is 2. The maximum absolute atomic E-state index is 5.31. The molecule has 0 amide bonds. The Hall–Kier alpha value is -0.910. The van der Waals surface area contributed by atoms with E-state index in [1.54, 1.807) is 0 Å². The molecular weight excluding hydrogens is 291 g/mol. The summed E-state index contributed by atoms with van der Waals surface area (Å²) in [6.07, 6.45) is 0.711. The van der Waals surface area contributed by atoms with E-state index < -0.39 is 0 Å². The van der Waals surface area contributed by atoms with Crippen LogP contribution in [0.15, 0.2) is 28.7 Å². The van der Waals surface area contributed by atoms with Crippen molar-refractivity contribution in [2.45, 2.75) is 13.3 Å². The molecule has 0 atom stereocenters. The van der Waals surface area contributed by atoms with Gasteiger partial charge in [-0.3, -0.25) is 0 Å². The molecule has 0 radical (unpaired) electrons. The molecule has 0 N–H and O–H groups in total. The van der Waals surface area contributed by atoms with Gasteiger partial charge in [0.25, 0.3) is 3.90 Å². The molecule has 14 heavy (non-hydrogen) atoms. The summed E-state index contributed by atoms with van der Waals surface area (Å²) in [6, 6.07) is 8.20. The molecule has 4 heteroatoms. The van der Waals surface area contributed by atoms with Gasteiger partial charge in [-0.05, 0) is 18.1 Å². The Labute approximate surface area is 95.7 Å². The Morgan fingerprint density at radius 2 is 2.07 bits per heavy atom.